The van der Waals surface area contributed by atoms with E-state index in [4.69, 9.17) is 11.1 Å². The zero-order chi connectivity index (χ0) is 13.7. The normalized spacial score (nSPS) is 11.4. The standard InChI is InChI=1S/C10H14N6O2/c1-7(5-6-11)15(2)10-8(16(17)18)3-4-9(13-10)14-12/h3-4,7H,5,12H2,1-2H3,(H,13,14). The molecule has 0 radical (unpaired) electrons. The third kappa shape index (κ3) is 2.83. The molecule has 1 atom stereocenters. The maximum atomic E-state index is 10.9. The molecule has 0 bridgehead atoms. The number of nitro groups is 1. The Bertz CT molecular complexity index is 484. The van der Waals surface area contributed by atoms with Crippen LogP contribution in [0.5, 0.6) is 0 Å². The number of nitrogens with zero attached hydrogens (tertiary/aromatic N) is 4. The fourth-order valence-electron chi connectivity index (χ4n) is 1.40. The van der Waals surface area contributed by atoms with Crippen molar-refractivity contribution in [3.8, 4) is 6.07 Å². The van der Waals surface area contributed by atoms with Crippen molar-refractivity contribution in [3.05, 3.63) is 22.2 Å². The van der Waals surface area contributed by atoms with Crippen LogP contribution in [0.1, 0.15) is 13.3 Å². The number of hydrogen-bond acceptors (Lipinski definition) is 7. The lowest BCUT2D eigenvalue weighted by Crippen LogP contribution is -2.30. The van der Waals surface area contributed by atoms with Crippen molar-refractivity contribution >= 4 is 17.3 Å². The molecule has 1 rings (SSSR count). The van der Waals surface area contributed by atoms with E-state index in [0.717, 1.165) is 0 Å². The number of nitrogens with one attached hydrogen (secondary N) is 1. The number of aromatic nitrogens is 1. The molecule has 0 saturated heterocycles. The summed E-state index contributed by atoms with van der Waals surface area (Å²) in [5.74, 6) is 5.73. The number of nitrogens with two attached hydrogens (primary N) is 1. The molecule has 18 heavy (non-hydrogen) atoms. The lowest BCUT2D eigenvalue weighted by molar-refractivity contribution is -0.384. The summed E-state index contributed by atoms with van der Waals surface area (Å²) in [6, 6.07) is 4.58. The van der Waals surface area contributed by atoms with Crippen LogP contribution in [0, 0.1) is 21.4 Å². The third-order valence-corrected chi connectivity index (χ3v) is 2.58. The van der Waals surface area contributed by atoms with Crippen LogP contribution < -0.4 is 16.2 Å². The molecule has 0 aliphatic heterocycles. The van der Waals surface area contributed by atoms with Crippen LogP contribution in [0.25, 0.3) is 0 Å². The highest BCUT2D eigenvalue weighted by Gasteiger charge is 2.22. The van der Waals surface area contributed by atoms with Crippen LogP contribution in [0.2, 0.25) is 0 Å². The quantitative estimate of drug-likeness (QED) is 0.454. The maximum Gasteiger partial charge on any atom is 0.311 e. The molecule has 1 heterocycles. The fraction of sp³-hybridized carbons (Fsp3) is 0.400. The summed E-state index contributed by atoms with van der Waals surface area (Å²) in [6.45, 7) is 1.79. The van der Waals surface area contributed by atoms with Crippen molar-refractivity contribution in [1.82, 2.24) is 4.98 Å². The van der Waals surface area contributed by atoms with Crippen LogP contribution >= 0.6 is 0 Å². The summed E-state index contributed by atoms with van der Waals surface area (Å²) in [4.78, 5) is 16.1. The zero-order valence-electron chi connectivity index (χ0n) is 10.1. The first-order valence-corrected chi connectivity index (χ1v) is 5.23. The molecule has 0 amide bonds. The fourth-order valence-corrected chi connectivity index (χ4v) is 1.40. The van der Waals surface area contributed by atoms with Gasteiger partial charge in [-0.15, -0.1) is 0 Å². The molecule has 0 saturated carbocycles. The van der Waals surface area contributed by atoms with Gasteiger partial charge in [0.1, 0.15) is 5.82 Å². The van der Waals surface area contributed by atoms with E-state index in [0.29, 0.717) is 5.82 Å². The molecule has 3 N–H and O–H groups in total. The minimum absolute atomic E-state index is 0.124. The van der Waals surface area contributed by atoms with Gasteiger partial charge in [0.05, 0.1) is 17.4 Å². The predicted molar refractivity (Wildman–Crippen MR) is 66.8 cm³/mol. The molecule has 0 aliphatic carbocycles. The average molecular weight is 250 g/mol. The van der Waals surface area contributed by atoms with Crippen LogP contribution in [0.4, 0.5) is 17.3 Å². The molecule has 0 fully saturated rings. The largest absolute Gasteiger partial charge is 0.350 e. The van der Waals surface area contributed by atoms with Crippen LogP contribution in [0.3, 0.4) is 0 Å². The molecule has 8 heteroatoms. The van der Waals surface area contributed by atoms with E-state index in [1.54, 1.807) is 18.9 Å². The molecule has 96 valence electrons. The molecule has 0 aromatic carbocycles. The topological polar surface area (TPSA) is 121 Å². The van der Waals surface area contributed by atoms with E-state index < -0.39 is 4.92 Å². The number of hydrazine groups is 1. The Hall–Kier alpha value is -2.40. The molecule has 1 aromatic rings. The van der Waals surface area contributed by atoms with E-state index in [1.165, 1.54) is 12.1 Å². The number of anilines is 2. The summed E-state index contributed by atoms with van der Waals surface area (Å²) in [5.41, 5.74) is 2.21. The van der Waals surface area contributed by atoms with Crippen molar-refractivity contribution in [2.75, 3.05) is 17.4 Å². The van der Waals surface area contributed by atoms with Gasteiger partial charge in [-0.05, 0) is 13.0 Å². The van der Waals surface area contributed by atoms with Crippen molar-refractivity contribution in [2.24, 2.45) is 5.84 Å². The monoisotopic (exact) mass is 250 g/mol. The zero-order valence-corrected chi connectivity index (χ0v) is 10.1. The van der Waals surface area contributed by atoms with Crippen LogP contribution in [0.15, 0.2) is 12.1 Å². The Morgan fingerprint density at radius 1 is 1.72 bits per heavy atom. The lowest BCUT2D eigenvalue weighted by atomic mass is 10.2. The summed E-state index contributed by atoms with van der Waals surface area (Å²) in [5, 5.41) is 19.6. The second kappa shape index (κ2) is 5.79. The second-order valence-corrected chi connectivity index (χ2v) is 3.76. The lowest BCUT2D eigenvalue weighted by Gasteiger charge is -2.23. The van der Waals surface area contributed by atoms with Gasteiger partial charge in [0.2, 0.25) is 5.82 Å². The van der Waals surface area contributed by atoms with E-state index in [9.17, 15) is 10.1 Å². The SMILES string of the molecule is CC(CC#N)N(C)c1nc(NN)ccc1[N+](=O)[O-]. The van der Waals surface area contributed by atoms with Gasteiger partial charge in [-0.2, -0.15) is 5.26 Å². The highest BCUT2D eigenvalue weighted by molar-refractivity contribution is 5.61. The third-order valence-electron chi connectivity index (χ3n) is 2.58. The van der Waals surface area contributed by atoms with Gasteiger partial charge in [0.15, 0.2) is 0 Å². The van der Waals surface area contributed by atoms with Gasteiger partial charge in [-0.1, -0.05) is 0 Å². The number of nitriles is 1. The molecule has 0 aliphatic rings. The van der Waals surface area contributed by atoms with E-state index >= 15 is 0 Å². The Balaban J connectivity index is 3.19. The van der Waals surface area contributed by atoms with Crippen molar-refractivity contribution in [2.45, 2.75) is 19.4 Å². The van der Waals surface area contributed by atoms with Crippen LogP contribution in [-0.4, -0.2) is 23.0 Å². The number of pyridine rings is 1. The first kappa shape index (κ1) is 13.7. The molecule has 1 unspecified atom stereocenters. The van der Waals surface area contributed by atoms with Gasteiger partial charge in [-0.3, -0.25) is 10.1 Å². The predicted octanol–water partition coefficient (Wildman–Crippen LogP) is 1.01. The molecule has 8 nitrogen and oxygen atoms in total. The minimum atomic E-state index is -0.516. The molecule has 1 aromatic heterocycles. The van der Waals surface area contributed by atoms with Gasteiger partial charge in [0, 0.05) is 19.2 Å². The first-order valence-electron chi connectivity index (χ1n) is 5.23. The first-order chi connectivity index (χ1) is 8.51. The summed E-state index contributed by atoms with van der Waals surface area (Å²) < 4.78 is 0. The Kier molecular flexibility index (Phi) is 4.39. The summed E-state index contributed by atoms with van der Waals surface area (Å²) >= 11 is 0. The number of nitrogen functional groups attached to an aromatic ring is 1. The van der Waals surface area contributed by atoms with E-state index in [2.05, 4.69) is 10.4 Å². The van der Waals surface area contributed by atoms with Gasteiger partial charge in [0.25, 0.3) is 0 Å². The second-order valence-electron chi connectivity index (χ2n) is 3.76. The maximum absolute atomic E-state index is 10.9. The Morgan fingerprint density at radius 3 is 2.89 bits per heavy atom. The smallest absolute Gasteiger partial charge is 0.311 e. The van der Waals surface area contributed by atoms with Crippen LogP contribution in [-0.2, 0) is 0 Å². The van der Waals surface area contributed by atoms with Gasteiger partial charge >= 0.3 is 5.69 Å². The highest BCUT2D eigenvalue weighted by atomic mass is 16.6. The summed E-state index contributed by atoms with van der Waals surface area (Å²) in [6.07, 6.45) is 0.246. The van der Waals surface area contributed by atoms with Crippen molar-refractivity contribution < 1.29 is 4.92 Å². The molecule has 0 spiro atoms. The highest BCUT2D eigenvalue weighted by Crippen LogP contribution is 2.28. The van der Waals surface area contributed by atoms with Gasteiger partial charge in [-0.25, -0.2) is 10.8 Å². The summed E-state index contributed by atoms with van der Waals surface area (Å²) in [7, 11) is 1.65. The molecular formula is C10H14N6O2. The van der Waals surface area contributed by atoms with Crippen molar-refractivity contribution in [1.29, 1.82) is 5.26 Å². The Morgan fingerprint density at radius 2 is 2.39 bits per heavy atom. The minimum Gasteiger partial charge on any atom is -0.350 e. The van der Waals surface area contributed by atoms with E-state index in [-0.39, 0.29) is 24.0 Å². The molecular weight excluding hydrogens is 236 g/mol. The average Bonchev–Trinajstić information content (AvgIpc) is 2.37. The Labute approximate surface area is 104 Å². The number of hydrogen-bond donors (Lipinski definition) is 2. The van der Waals surface area contributed by atoms with Crippen molar-refractivity contribution in [3.63, 3.8) is 0 Å². The van der Waals surface area contributed by atoms with E-state index in [1.807, 2.05) is 6.07 Å². The number of rotatable bonds is 5. The van der Waals surface area contributed by atoms with Gasteiger partial charge < -0.3 is 10.3 Å².